The molecule has 0 atom stereocenters. The molecule has 1 saturated carbocycles. The van der Waals surface area contributed by atoms with Gasteiger partial charge in [0.05, 0.1) is 5.52 Å². The summed E-state index contributed by atoms with van der Waals surface area (Å²) in [6.45, 7) is 1.13. The largest absolute Gasteiger partial charge is 0.340 e. The van der Waals surface area contributed by atoms with Crippen LogP contribution in [0.5, 0.6) is 0 Å². The molecule has 0 aliphatic heterocycles. The van der Waals surface area contributed by atoms with Crippen molar-refractivity contribution in [1.82, 2.24) is 9.55 Å². The Balaban J connectivity index is 1.64. The highest BCUT2D eigenvalue weighted by Crippen LogP contribution is 2.33. The van der Waals surface area contributed by atoms with Gasteiger partial charge in [-0.1, -0.05) is 55.7 Å². The second-order valence-corrected chi connectivity index (χ2v) is 7.61. The van der Waals surface area contributed by atoms with Crippen molar-refractivity contribution in [2.75, 3.05) is 0 Å². The number of fused-ring (bicyclic) bond motifs is 2. The highest BCUT2D eigenvalue weighted by Gasteiger charge is 2.18. The van der Waals surface area contributed by atoms with Crippen LogP contribution in [0, 0.1) is 5.92 Å². The Morgan fingerprint density at radius 1 is 0.846 bits per heavy atom. The molecular formula is C24H24N2. The molecule has 1 fully saturated rings. The van der Waals surface area contributed by atoms with Gasteiger partial charge in [-0.3, -0.25) is 4.98 Å². The average Bonchev–Trinajstić information content (AvgIpc) is 3.07. The van der Waals surface area contributed by atoms with Crippen LogP contribution in [0.25, 0.3) is 33.1 Å². The number of benzene rings is 2. The Bertz CT molecular complexity index is 1050. The first-order valence-electron chi connectivity index (χ1n) is 9.82. The maximum absolute atomic E-state index is 4.56. The van der Waals surface area contributed by atoms with Crippen LogP contribution in [0.3, 0.4) is 0 Å². The van der Waals surface area contributed by atoms with E-state index in [1.54, 1.807) is 0 Å². The summed E-state index contributed by atoms with van der Waals surface area (Å²) in [4.78, 5) is 4.56. The monoisotopic (exact) mass is 340 g/mol. The molecule has 1 aliphatic rings. The zero-order chi connectivity index (χ0) is 17.3. The lowest BCUT2D eigenvalue weighted by Gasteiger charge is -2.24. The van der Waals surface area contributed by atoms with Crippen LogP contribution in [0.2, 0.25) is 0 Å². The fourth-order valence-electron chi connectivity index (χ4n) is 4.50. The van der Waals surface area contributed by atoms with Gasteiger partial charge in [-0.05, 0) is 43.0 Å². The van der Waals surface area contributed by atoms with Crippen molar-refractivity contribution in [3.05, 3.63) is 66.9 Å². The van der Waals surface area contributed by atoms with Crippen LogP contribution in [0.4, 0.5) is 0 Å². The first-order chi connectivity index (χ1) is 12.9. The number of nitrogens with zero attached hydrogens (tertiary/aromatic N) is 2. The fourth-order valence-corrected chi connectivity index (χ4v) is 4.50. The van der Waals surface area contributed by atoms with Crippen LogP contribution >= 0.6 is 0 Å². The Kier molecular flexibility index (Phi) is 3.97. The zero-order valence-electron chi connectivity index (χ0n) is 15.1. The highest BCUT2D eigenvalue weighted by molar-refractivity contribution is 5.90. The smallest absolute Gasteiger partial charge is 0.0708 e. The SMILES string of the molecule is c1cnc2cc(-c3cc4ccccc4n3CC3CCCCC3)ccc2c1. The van der Waals surface area contributed by atoms with Crippen LogP contribution in [0.1, 0.15) is 32.1 Å². The lowest BCUT2D eigenvalue weighted by atomic mass is 9.89. The van der Waals surface area contributed by atoms with Crippen molar-refractivity contribution >= 4 is 21.8 Å². The van der Waals surface area contributed by atoms with Gasteiger partial charge < -0.3 is 4.57 Å². The number of hydrogen-bond acceptors (Lipinski definition) is 1. The molecule has 2 aromatic heterocycles. The molecule has 0 saturated heterocycles. The summed E-state index contributed by atoms with van der Waals surface area (Å²) in [6.07, 6.45) is 8.80. The van der Waals surface area contributed by atoms with Gasteiger partial charge in [0.1, 0.15) is 0 Å². The maximum atomic E-state index is 4.56. The van der Waals surface area contributed by atoms with Crippen molar-refractivity contribution in [1.29, 1.82) is 0 Å². The summed E-state index contributed by atoms with van der Waals surface area (Å²) in [7, 11) is 0. The van der Waals surface area contributed by atoms with Crippen molar-refractivity contribution < 1.29 is 0 Å². The minimum absolute atomic E-state index is 0.803. The van der Waals surface area contributed by atoms with Crippen LogP contribution in [-0.2, 0) is 6.54 Å². The molecule has 2 heteroatoms. The third-order valence-corrected chi connectivity index (χ3v) is 5.88. The molecule has 2 nitrogen and oxygen atoms in total. The molecule has 0 N–H and O–H groups in total. The van der Waals surface area contributed by atoms with E-state index in [2.05, 4.69) is 64.1 Å². The average molecular weight is 340 g/mol. The van der Waals surface area contributed by atoms with Gasteiger partial charge in [-0.25, -0.2) is 0 Å². The third kappa shape index (κ3) is 2.80. The molecule has 130 valence electrons. The Labute approximate surface area is 154 Å². The molecule has 2 heterocycles. The second-order valence-electron chi connectivity index (χ2n) is 7.61. The first kappa shape index (κ1) is 15.6. The van der Waals surface area contributed by atoms with E-state index in [0.29, 0.717) is 0 Å². The van der Waals surface area contributed by atoms with E-state index in [1.165, 1.54) is 59.7 Å². The van der Waals surface area contributed by atoms with Crippen LogP contribution in [0.15, 0.2) is 66.9 Å². The second kappa shape index (κ2) is 6.60. The summed E-state index contributed by atoms with van der Waals surface area (Å²) in [5.74, 6) is 0.803. The highest BCUT2D eigenvalue weighted by atomic mass is 15.0. The van der Waals surface area contributed by atoms with Gasteiger partial charge in [0.15, 0.2) is 0 Å². The van der Waals surface area contributed by atoms with E-state index in [0.717, 1.165) is 18.0 Å². The molecule has 5 rings (SSSR count). The Hall–Kier alpha value is -2.61. The summed E-state index contributed by atoms with van der Waals surface area (Å²) in [5, 5.41) is 2.53. The fraction of sp³-hybridized carbons (Fsp3) is 0.292. The lowest BCUT2D eigenvalue weighted by molar-refractivity contribution is 0.323. The summed E-state index contributed by atoms with van der Waals surface area (Å²) in [6, 6.07) is 22.0. The van der Waals surface area contributed by atoms with Gasteiger partial charge in [0, 0.05) is 40.3 Å². The third-order valence-electron chi connectivity index (χ3n) is 5.88. The molecule has 26 heavy (non-hydrogen) atoms. The quantitative estimate of drug-likeness (QED) is 0.420. The molecule has 1 aliphatic carbocycles. The van der Waals surface area contributed by atoms with Gasteiger partial charge in [-0.15, -0.1) is 0 Å². The molecule has 2 aromatic carbocycles. The summed E-state index contributed by atoms with van der Waals surface area (Å²) < 4.78 is 2.55. The molecule has 4 aromatic rings. The van der Waals surface area contributed by atoms with E-state index < -0.39 is 0 Å². The number of aromatic nitrogens is 2. The Morgan fingerprint density at radius 2 is 1.69 bits per heavy atom. The molecule has 0 amide bonds. The van der Waals surface area contributed by atoms with E-state index in [4.69, 9.17) is 0 Å². The molecular weight excluding hydrogens is 316 g/mol. The molecule has 0 bridgehead atoms. The minimum atomic E-state index is 0.803. The van der Waals surface area contributed by atoms with Gasteiger partial charge in [0.25, 0.3) is 0 Å². The van der Waals surface area contributed by atoms with E-state index in [1.807, 2.05) is 12.3 Å². The summed E-state index contributed by atoms with van der Waals surface area (Å²) >= 11 is 0. The van der Waals surface area contributed by atoms with E-state index >= 15 is 0 Å². The van der Waals surface area contributed by atoms with Crippen molar-refractivity contribution in [2.45, 2.75) is 38.6 Å². The van der Waals surface area contributed by atoms with Crippen LogP contribution < -0.4 is 0 Å². The van der Waals surface area contributed by atoms with Crippen molar-refractivity contribution in [3.8, 4) is 11.3 Å². The van der Waals surface area contributed by atoms with Crippen molar-refractivity contribution in [2.24, 2.45) is 5.92 Å². The summed E-state index contributed by atoms with van der Waals surface area (Å²) in [5.41, 5.74) is 5.01. The topological polar surface area (TPSA) is 17.8 Å². The van der Waals surface area contributed by atoms with Gasteiger partial charge in [0.2, 0.25) is 0 Å². The normalized spacial score (nSPS) is 15.7. The zero-order valence-corrected chi connectivity index (χ0v) is 15.1. The van der Waals surface area contributed by atoms with E-state index in [-0.39, 0.29) is 0 Å². The van der Waals surface area contributed by atoms with Crippen LogP contribution in [-0.4, -0.2) is 9.55 Å². The molecule has 0 radical (unpaired) electrons. The number of pyridine rings is 1. The van der Waals surface area contributed by atoms with Gasteiger partial charge >= 0.3 is 0 Å². The lowest BCUT2D eigenvalue weighted by Crippen LogP contribution is -2.14. The minimum Gasteiger partial charge on any atom is -0.340 e. The standard InChI is InChI=1S/C24H24N2/c1-2-7-18(8-3-1)17-26-23-11-5-4-9-20(23)16-24(26)21-13-12-19-10-6-14-25-22(19)15-21/h4-6,9-16,18H,1-3,7-8,17H2. The van der Waals surface area contributed by atoms with Crippen molar-refractivity contribution in [3.63, 3.8) is 0 Å². The molecule has 0 spiro atoms. The Morgan fingerprint density at radius 3 is 2.62 bits per heavy atom. The van der Waals surface area contributed by atoms with Gasteiger partial charge in [-0.2, -0.15) is 0 Å². The van der Waals surface area contributed by atoms with E-state index in [9.17, 15) is 0 Å². The number of rotatable bonds is 3. The molecule has 0 unspecified atom stereocenters. The maximum Gasteiger partial charge on any atom is 0.0708 e. The number of para-hydroxylation sites is 1. The first-order valence-corrected chi connectivity index (χ1v) is 9.82. The number of hydrogen-bond donors (Lipinski definition) is 0. The predicted molar refractivity (Wildman–Crippen MR) is 109 cm³/mol. The predicted octanol–water partition coefficient (Wildman–Crippen LogP) is 6.44.